The normalized spacial score (nSPS) is 9.14. The van der Waals surface area contributed by atoms with Crippen molar-refractivity contribution in [2.24, 2.45) is 0 Å². The van der Waals surface area contributed by atoms with E-state index in [1.807, 2.05) is 27.7 Å². The van der Waals surface area contributed by atoms with Crippen molar-refractivity contribution in [1.82, 2.24) is 0 Å². The van der Waals surface area contributed by atoms with Gasteiger partial charge in [-0.1, -0.05) is 40.5 Å². The third kappa shape index (κ3) is 3.25. The summed E-state index contributed by atoms with van der Waals surface area (Å²) in [5.41, 5.74) is 0.280. The third-order valence-corrected chi connectivity index (χ3v) is 2.94. The Balaban J connectivity index is 0.00000102. The number of phenols is 3. The topological polar surface area (TPSA) is 60.7 Å². The lowest BCUT2D eigenvalue weighted by molar-refractivity contribution is 0.369. The molecule has 0 saturated heterocycles. The standard InChI is InChI=1S/C14H11FO3.2C2H6/c1-3-7-10(15)6-5-9-11(7)8(4-2)12(16)14(18)13(9)17;2*1-2/h1,5-6,16-18H,4H2,2H3;2*1-2H3. The maximum Gasteiger partial charge on any atom is 0.201 e. The first-order valence-corrected chi connectivity index (χ1v) is 7.37. The summed E-state index contributed by atoms with van der Waals surface area (Å²) in [6, 6.07) is 2.44. The van der Waals surface area contributed by atoms with Crippen LogP contribution >= 0.6 is 0 Å². The predicted octanol–water partition coefficient (Wildman–Crippen LogP) is 4.69. The van der Waals surface area contributed by atoms with E-state index in [4.69, 9.17) is 6.42 Å². The number of benzene rings is 2. The zero-order valence-electron chi connectivity index (χ0n) is 13.7. The average Bonchev–Trinajstić information content (AvgIpc) is 2.57. The molecule has 0 aliphatic heterocycles. The van der Waals surface area contributed by atoms with Crippen molar-refractivity contribution >= 4 is 10.8 Å². The summed E-state index contributed by atoms with van der Waals surface area (Å²) in [5, 5.41) is 29.6. The maximum atomic E-state index is 13.6. The Morgan fingerprint density at radius 2 is 1.55 bits per heavy atom. The molecule has 2 aromatic rings. The van der Waals surface area contributed by atoms with E-state index in [1.54, 1.807) is 6.92 Å². The number of hydrogen-bond acceptors (Lipinski definition) is 3. The van der Waals surface area contributed by atoms with Crippen LogP contribution < -0.4 is 0 Å². The molecule has 2 rings (SSSR count). The van der Waals surface area contributed by atoms with Crippen molar-refractivity contribution in [3.8, 4) is 29.6 Å². The van der Waals surface area contributed by atoms with Crippen LogP contribution in [-0.4, -0.2) is 15.3 Å². The summed E-state index contributed by atoms with van der Waals surface area (Å²) < 4.78 is 13.6. The van der Waals surface area contributed by atoms with E-state index in [9.17, 15) is 19.7 Å². The Morgan fingerprint density at radius 3 is 2.00 bits per heavy atom. The van der Waals surface area contributed by atoms with Gasteiger partial charge in [-0.05, 0) is 18.6 Å². The highest BCUT2D eigenvalue weighted by Gasteiger charge is 2.20. The minimum Gasteiger partial charge on any atom is -0.504 e. The van der Waals surface area contributed by atoms with Crippen molar-refractivity contribution in [3.05, 3.63) is 29.1 Å². The smallest absolute Gasteiger partial charge is 0.201 e. The number of phenolic OH excluding ortho intramolecular Hbond substituents is 3. The average molecular weight is 306 g/mol. The van der Waals surface area contributed by atoms with Gasteiger partial charge in [-0.25, -0.2) is 4.39 Å². The Labute approximate surface area is 131 Å². The van der Waals surface area contributed by atoms with E-state index >= 15 is 0 Å². The summed E-state index contributed by atoms with van der Waals surface area (Å²) in [5.74, 6) is 0.0126. The van der Waals surface area contributed by atoms with Crippen molar-refractivity contribution in [2.75, 3.05) is 0 Å². The van der Waals surface area contributed by atoms with Gasteiger partial charge in [0.15, 0.2) is 11.5 Å². The molecule has 4 heteroatoms. The minimum atomic E-state index is -0.617. The maximum absolute atomic E-state index is 13.6. The zero-order valence-corrected chi connectivity index (χ0v) is 13.7. The van der Waals surface area contributed by atoms with Gasteiger partial charge >= 0.3 is 0 Å². The highest BCUT2D eigenvalue weighted by atomic mass is 19.1. The fourth-order valence-electron chi connectivity index (χ4n) is 2.07. The lowest BCUT2D eigenvalue weighted by atomic mass is 9.95. The molecule has 0 atom stereocenters. The molecule has 0 saturated carbocycles. The number of hydrogen-bond donors (Lipinski definition) is 3. The van der Waals surface area contributed by atoms with Gasteiger partial charge in [-0.2, -0.15) is 0 Å². The van der Waals surface area contributed by atoms with Gasteiger partial charge in [0.2, 0.25) is 5.75 Å². The lowest BCUT2D eigenvalue weighted by Crippen LogP contribution is -1.93. The van der Waals surface area contributed by atoms with Crippen LogP contribution in [0.2, 0.25) is 0 Å². The Hall–Kier alpha value is -2.41. The monoisotopic (exact) mass is 306 g/mol. The second-order valence-corrected chi connectivity index (χ2v) is 3.87. The molecule has 0 aromatic heterocycles. The molecule has 2 aromatic carbocycles. The molecule has 0 unspecified atom stereocenters. The Bertz CT molecular complexity index is 685. The second-order valence-electron chi connectivity index (χ2n) is 3.87. The van der Waals surface area contributed by atoms with Gasteiger partial charge in [0.25, 0.3) is 0 Å². The van der Waals surface area contributed by atoms with Crippen LogP contribution in [0, 0.1) is 18.2 Å². The van der Waals surface area contributed by atoms with Gasteiger partial charge in [0, 0.05) is 16.3 Å². The van der Waals surface area contributed by atoms with Gasteiger partial charge in [-0.3, -0.25) is 0 Å². The predicted molar refractivity (Wildman–Crippen MR) is 88.9 cm³/mol. The van der Waals surface area contributed by atoms with Gasteiger partial charge in [0.1, 0.15) is 5.82 Å². The molecule has 0 amide bonds. The first-order chi connectivity index (χ1) is 10.5. The molecule has 0 spiro atoms. The van der Waals surface area contributed by atoms with Crippen LogP contribution in [0.5, 0.6) is 17.2 Å². The van der Waals surface area contributed by atoms with Crippen LogP contribution in [0.3, 0.4) is 0 Å². The highest BCUT2D eigenvalue weighted by molar-refractivity contribution is 5.99. The Kier molecular flexibility index (Phi) is 7.82. The van der Waals surface area contributed by atoms with Crippen molar-refractivity contribution in [1.29, 1.82) is 0 Å². The number of fused-ring (bicyclic) bond motifs is 1. The fraction of sp³-hybridized carbons (Fsp3) is 0.333. The van der Waals surface area contributed by atoms with E-state index in [2.05, 4.69) is 5.92 Å². The van der Waals surface area contributed by atoms with E-state index < -0.39 is 23.1 Å². The molecule has 0 bridgehead atoms. The minimum absolute atomic E-state index is 0.0325. The molecular formula is C18H23FO3. The summed E-state index contributed by atoms with van der Waals surface area (Å²) in [6.45, 7) is 9.73. The highest BCUT2D eigenvalue weighted by Crippen LogP contribution is 2.46. The van der Waals surface area contributed by atoms with Crippen molar-refractivity contribution in [2.45, 2.75) is 41.0 Å². The first-order valence-electron chi connectivity index (χ1n) is 7.37. The largest absolute Gasteiger partial charge is 0.504 e. The molecular weight excluding hydrogens is 283 g/mol. The summed E-state index contributed by atoms with van der Waals surface area (Å²) >= 11 is 0. The number of terminal acetylenes is 1. The fourth-order valence-corrected chi connectivity index (χ4v) is 2.07. The van der Waals surface area contributed by atoms with Gasteiger partial charge in [-0.15, -0.1) is 6.42 Å². The molecule has 0 aliphatic carbocycles. The molecule has 0 fully saturated rings. The zero-order chi connectivity index (χ0) is 17.4. The van der Waals surface area contributed by atoms with Crippen LogP contribution in [-0.2, 0) is 6.42 Å². The molecule has 3 N–H and O–H groups in total. The van der Waals surface area contributed by atoms with E-state index in [0.717, 1.165) is 6.07 Å². The Morgan fingerprint density at radius 1 is 1.00 bits per heavy atom. The number of aryl methyl sites for hydroxylation is 1. The molecule has 0 aliphatic rings. The summed E-state index contributed by atoms with van der Waals surface area (Å²) in [4.78, 5) is 0. The first kappa shape index (κ1) is 19.6. The number of aromatic hydroxyl groups is 3. The van der Waals surface area contributed by atoms with E-state index in [1.165, 1.54) is 6.07 Å². The molecule has 120 valence electrons. The van der Waals surface area contributed by atoms with E-state index in [0.29, 0.717) is 12.0 Å². The third-order valence-electron chi connectivity index (χ3n) is 2.94. The van der Waals surface area contributed by atoms with Gasteiger partial charge in [0.05, 0.1) is 5.56 Å². The van der Waals surface area contributed by atoms with E-state index in [-0.39, 0.29) is 16.3 Å². The summed E-state index contributed by atoms with van der Waals surface area (Å²) in [7, 11) is 0. The number of rotatable bonds is 1. The van der Waals surface area contributed by atoms with Crippen LogP contribution in [0.1, 0.15) is 45.7 Å². The molecule has 0 radical (unpaired) electrons. The second kappa shape index (κ2) is 8.78. The molecule has 3 nitrogen and oxygen atoms in total. The van der Waals surface area contributed by atoms with Crippen LogP contribution in [0.4, 0.5) is 4.39 Å². The van der Waals surface area contributed by atoms with Crippen LogP contribution in [0.15, 0.2) is 12.1 Å². The quantitative estimate of drug-likeness (QED) is 0.529. The molecule has 22 heavy (non-hydrogen) atoms. The van der Waals surface area contributed by atoms with Crippen LogP contribution in [0.25, 0.3) is 10.8 Å². The van der Waals surface area contributed by atoms with Crippen molar-refractivity contribution < 1.29 is 19.7 Å². The van der Waals surface area contributed by atoms with Gasteiger partial charge < -0.3 is 15.3 Å². The molecule has 0 heterocycles. The summed E-state index contributed by atoms with van der Waals surface area (Å²) in [6.07, 6.45) is 5.60. The van der Waals surface area contributed by atoms with Crippen molar-refractivity contribution in [3.63, 3.8) is 0 Å². The SMILES string of the molecule is C#Cc1c(F)ccc2c(O)c(O)c(O)c(CC)c12.CC.CC. The lowest BCUT2D eigenvalue weighted by Gasteiger charge is -2.13. The number of halogens is 1.